The largest absolute Gasteiger partial charge is 0.298 e. The van der Waals surface area contributed by atoms with E-state index in [9.17, 15) is 14.9 Å². The average Bonchev–Trinajstić information content (AvgIpc) is 2.90. The predicted octanol–water partition coefficient (Wildman–Crippen LogP) is 1.23. The molecule has 0 unspecified atom stereocenters. The van der Waals surface area contributed by atoms with E-state index >= 15 is 0 Å². The molecule has 0 fully saturated rings. The summed E-state index contributed by atoms with van der Waals surface area (Å²) in [6.45, 7) is 3.76. The average molecular weight is 287 g/mol. The normalized spacial score (nSPS) is 9.95. The Balaban J connectivity index is 1.97. The smallest absolute Gasteiger partial charge is 0.287 e. The van der Waals surface area contributed by atoms with Gasteiger partial charge in [0.25, 0.3) is 11.6 Å². The fourth-order valence-corrected chi connectivity index (χ4v) is 1.65. The lowest BCUT2D eigenvalue weighted by atomic mass is 10.1. The molecule has 0 saturated carbocycles. The second-order valence-electron chi connectivity index (χ2n) is 4.20. The molecule has 21 heavy (non-hydrogen) atoms. The highest BCUT2D eigenvalue weighted by atomic mass is 16.6. The lowest BCUT2D eigenvalue weighted by molar-refractivity contribution is -0.384. The Bertz CT molecular complexity index is 690. The van der Waals surface area contributed by atoms with Crippen molar-refractivity contribution < 1.29 is 9.72 Å². The minimum Gasteiger partial charge on any atom is -0.298 e. The Morgan fingerprint density at radius 1 is 1.29 bits per heavy atom. The van der Waals surface area contributed by atoms with Crippen molar-refractivity contribution in [3.05, 3.63) is 64.5 Å². The van der Waals surface area contributed by atoms with Crippen LogP contribution in [0, 0.1) is 10.1 Å². The molecule has 108 valence electrons. The van der Waals surface area contributed by atoms with Crippen LogP contribution in [0.25, 0.3) is 5.70 Å². The highest BCUT2D eigenvalue weighted by Crippen LogP contribution is 2.15. The van der Waals surface area contributed by atoms with Crippen LogP contribution in [0.4, 0.5) is 5.69 Å². The van der Waals surface area contributed by atoms with Crippen LogP contribution in [0.3, 0.4) is 0 Å². The van der Waals surface area contributed by atoms with Gasteiger partial charge in [-0.1, -0.05) is 6.58 Å². The molecule has 0 radical (unpaired) electrons. The number of non-ortho nitro benzene ring substituents is 1. The van der Waals surface area contributed by atoms with Crippen molar-refractivity contribution in [2.75, 3.05) is 0 Å². The molecule has 0 spiro atoms. The first-order valence-corrected chi connectivity index (χ1v) is 5.97. The Kier molecular flexibility index (Phi) is 3.98. The van der Waals surface area contributed by atoms with Crippen LogP contribution in [0.1, 0.15) is 16.1 Å². The van der Waals surface area contributed by atoms with Gasteiger partial charge < -0.3 is 0 Å². The zero-order chi connectivity index (χ0) is 15.4. The van der Waals surface area contributed by atoms with E-state index in [1.54, 1.807) is 25.2 Å². The Morgan fingerprint density at radius 2 is 1.95 bits per heavy atom. The molecule has 1 aromatic carbocycles. The molecular weight excluding hydrogens is 274 g/mol. The van der Waals surface area contributed by atoms with E-state index in [0.29, 0.717) is 17.0 Å². The number of nitrogens with zero attached hydrogens (tertiary/aromatic N) is 3. The van der Waals surface area contributed by atoms with E-state index in [1.165, 1.54) is 23.0 Å². The van der Waals surface area contributed by atoms with Crippen molar-refractivity contribution >= 4 is 17.3 Å². The van der Waals surface area contributed by atoms with E-state index in [1.807, 2.05) is 0 Å². The quantitative estimate of drug-likeness (QED) is 0.636. The topological polar surface area (TPSA) is 102 Å². The van der Waals surface area contributed by atoms with Gasteiger partial charge in [-0.25, -0.2) is 0 Å². The summed E-state index contributed by atoms with van der Waals surface area (Å²) in [6.07, 6.45) is 1.51. The Labute approximate surface area is 120 Å². The lowest BCUT2D eigenvalue weighted by Gasteiger charge is -2.11. The van der Waals surface area contributed by atoms with E-state index in [0.717, 1.165) is 0 Å². The van der Waals surface area contributed by atoms with Crippen molar-refractivity contribution in [1.82, 2.24) is 20.6 Å². The maximum atomic E-state index is 11.8. The maximum absolute atomic E-state index is 11.8. The summed E-state index contributed by atoms with van der Waals surface area (Å²) in [4.78, 5) is 21.9. The highest BCUT2D eigenvalue weighted by molar-refractivity contribution is 5.92. The van der Waals surface area contributed by atoms with Crippen LogP contribution in [0.5, 0.6) is 0 Å². The van der Waals surface area contributed by atoms with Crippen LogP contribution in [-0.2, 0) is 7.05 Å². The second kappa shape index (κ2) is 5.87. The second-order valence-corrected chi connectivity index (χ2v) is 4.20. The van der Waals surface area contributed by atoms with Crippen LogP contribution in [-0.4, -0.2) is 20.6 Å². The van der Waals surface area contributed by atoms with Gasteiger partial charge in [0.05, 0.1) is 10.6 Å². The molecule has 2 aromatic rings. The van der Waals surface area contributed by atoms with Crippen LogP contribution in [0.2, 0.25) is 0 Å². The Morgan fingerprint density at radius 3 is 2.48 bits per heavy atom. The predicted molar refractivity (Wildman–Crippen MR) is 75.9 cm³/mol. The summed E-state index contributed by atoms with van der Waals surface area (Å²) in [5.41, 5.74) is 6.56. The maximum Gasteiger partial charge on any atom is 0.287 e. The van der Waals surface area contributed by atoms with Crippen LogP contribution < -0.4 is 10.9 Å². The molecule has 0 saturated heterocycles. The van der Waals surface area contributed by atoms with Crippen LogP contribution >= 0.6 is 0 Å². The molecule has 1 heterocycles. The number of aromatic nitrogens is 2. The lowest BCUT2D eigenvalue weighted by Crippen LogP contribution is -2.36. The first kappa shape index (κ1) is 14.3. The summed E-state index contributed by atoms with van der Waals surface area (Å²) in [5, 5.41) is 14.5. The number of benzene rings is 1. The number of hydrogen-bond donors (Lipinski definition) is 2. The molecule has 0 aliphatic heterocycles. The molecule has 0 atom stereocenters. The number of amides is 1. The summed E-state index contributed by atoms with van der Waals surface area (Å²) < 4.78 is 1.44. The SMILES string of the molecule is C=C(NNC(=O)c1ccnn1C)c1ccc([N+](=O)[O-])cc1. The van der Waals surface area contributed by atoms with Gasteiger partial charge in [-0.05, 0) is 23.8 Å². The van der Waals surface area contributed by atoms with E-state index in [4.69, 9.17) is 0 Å². The van der Waals surface area contributed by atoms with Crippen molar-refractivity contribution in [2.45, 2.75) is 0 Å². The summed E-state index contributed by atoms with van der Waals surface area (Å²) in [5.74, 6) is -0.363. The van der Waals surface area contributed by atoms with Crippen LogP contribution in [0.15, 0.2) is 43.1 Å². The number of nitro groups is 1. The van der Waals surface area contributed by atoms with Crippen molar-refractivity contribution in [2.24, 2.45) is 7.05 Å². The van der Waals surface area contributed by atoms with E-state index in [-0.39, 0.29) is 11.6 Å². The summed E-state index contributed by atoms with van der Waals surface area (Å²) in [7, 11) is 1.65. The molecule has 2 rings (SSSR count). The summed E-state index contributed by atoms with van der Waals surface area (Å²) >= 11 is 0. The van der Waals surface area contributed by atoms with Gasteiger partial charge in [-0.15, -0.1) is 0 Å². The van der Waals surface area contributed by atoms with Gasteiger partial charge in [0.1, 0.15) is 5.69 Å². The molecule has 1 amide bonds. The van der Waals surface area contributed by atoms with Gasteiger partial charge in [0, 0.05) is 25.4 Å². The van der Waals surface area contributed by atoms with Gasteiger partial charge >= 0.3 is 0 Å². The minimum absolute atomic E-state index is 0.00882. The van der Waals surface area contributed by atoms with E-state index in [2.05, 4.69) is 22.5 Å². The zero-order valence-corrected chi connectivity index (χ0v) is 11.2. The van der Waals surface area contributed by atoms with Crippen molar-refractivity contribution in [3.63, 3.8) is 0 Å². The molecule has 0 aliphatic rings. The zero-order valence-electron chi connectivity index (χ0n) is 11.2. The Hall–Kier alpha value is -3.16. The third-order valence-corrected chi connectivity index (χ3v) is 2.81. The number of carbonyl (C=O) groups excluding carboxylic acids is 1. The molecule has 0 bridgehead atoms. The molecule has 8 nitrogen and oxygen atoms in total. The standard InChI is InChI=1S/C13H13N5O3/c1-9(10-3-5-11(6-4-10)18(20)21)15-16-13(19)12-7-8-14-17(12)2/h3-8,15H,1H2,2H3,(H,16,19). The third kappa shape index (κ3) is 3.24. The highest BCUT2D eigenvalue weighted by Gasteiger charge is 2.10. The van der Waals surface area contributed by atoms with E-state index < -0.39 is 4.92 Å². The fraction of sp³-hybridized carbons (Fsp3) is 0.0769. The van der Waals surface area contributed by atoms with Crippen molar-refractivity contribution in [3.8, 4) is 0 Å². The van der Waals surface area contributed by atoms with Gasteiger partial charge in [0.15, 0.2) is 0 Å². The number of carbonyl (C=O) groups is 1. The molecule has 2 N–H and O–H groups in total. The monoisotopic (exact) mass is 287 g/mol. The number of rotatable bonds is 5. The third-order valence-electron chi connectivity index (χ3n) is 2.81. The number of hydrazine groups is 1. The molecule has 8 heteroatoms. The van der Waals surface area contributed by atoms with Gasteiger partial charge in [0.2, 0.25) is 0 Å². The first-order valence-electron chi connectivity index (χ1n) is 5.97. The molecule has 0 aliphatic carbocycles. The van der Waals surface area contributed by atoms with Crippen molar-refractivity contribution in [1.29, 1.82) is 0 Å². The number of aryl methyl sites for hydroxylation is 1. The van der Waals surface area contributed by atoms with Gasteiger partial charge in [-0.2, -0.15) is 5.10 Å². The first-order chi connectivity index (χ1) is 9.99. The number of nitro benzene ring substituents is 1. The molecule has 1 aromatic heterocycles. The fourth-order valence-electron chi connectivity index (χ4n) is 1.65. The van der Waals surface area contributed by atoms with Gasteiger partial charge in [-0.3, -0.25) is 30.4 Å². The molecular formula is C13H13N5O3. The number of hydrogen-bond acceptors (Lipinski definition) is 5. The minimum atomic E-state index is -0.482. The summed E-state index contributed by atoms with van der Waals surface area (Å²) in [6, 6.07) is 7.40. The number of nitrogens with one attached hydrogen (secondary N) is 2.